The first kappa shape index (κ1) is 16.5. The average molecular weight is 368 g/mol. The molecule has 2 N–H and O–H groups in total. The number of hydrogen-bond acceptors (Lipinski definition) is 3. The number of nitrogens with one attached hydrogen (secondary N) is 2. The van der Waals surface area contributed by atoms with Gasteiger partial charge in [-0.05, 0) is 18.2 Å². The summed E-state index contributed by atoms with van der Waals surface area (Å²) in [6, 6.07) is 7.44. The maximum Gasteiger partial charge on any atom is 0.227 e. The third kappa shape index (κ3) is 4.30. The molecule has 0 spiro atoms. The van der Waals surface area contributed by atoms with Gasteiger partial charge in [0.05, 0.1) is 5.92 Å². The molecule has 0 aromatic heterocycles. The first-order valence-corrected chi connectivity index (χ1v) is 7.84. The summed E-state index contributed by atoms with van der Waals surface area (Å²) >= 11 is 3.38. The van der Waals surface area contributed by atoms with Gasteiger partial charge in [-0.15, -0.1) is 0 Å². The van der Waals surface area contributed by atoms with Crippen molar-refractivity contribution in [2.75, 3.05) is 24.5 Å². The summed E-state index contributed by atoms with van der Waals surface area (Å²) < 4.78 is 0.890. The molecule has 1 aromatic carbocycles. The highest BCUT2D eigenvalue weighted by molar-refractivity contribution is 9.10. The van der Waals surface area contributed by atoms with Crippen molar-refractivity contribution in [2.45, 2.75) is 13.3 Å². The van der Waals surface area contributed by atoms with E-state index in [2.05, 4.69) is 26.6 Å². The Labute approximate surface area is 137 Å². The van der Waals surface area contributed by atoms with E-state index < -0.39 is 0 Å². The van der Waals surface area contributed by atoms with E-state index in [9.17, 15) is 14.4 Å². The molecule has 0 aliphatic carbocycles. The summed E-state index contributed by atoms with van der Waals surface area (Å²) in [5.74, 6) is -0.703. The fourth-order valence-corrected chi connectivity index (χ4v) is 2.73. The van der Waals surface area contributed by atoms with Crippen LogP contribution >= 0.6 is 15.9 Å². The third-order valence-corrected chi connectivity index (χ3v) is 3.91. The summed E-state index contributed by atoms with van der Waals surface area (Å²) in [6.07, 6.45) is 0.207. The molecule has 2 rings (SSSR count). The predicted octanol–water partition coefficient (Wildman–Crippen LogP) is 1.05. The highest BCUT2D eigenvalue weighted by Gasteiger charge is 2.34. The lowest BCUT2D eigenvalue weighted by molar-refractivity contribution is -0.126. The molecule has 3 amide bonds. The molecule has 1 aliphatic heterocycles. The number of anilines is 1. The number of amides is 3. The first-order chi connectivity index (χ1) is 10.5. The van der Waals surface area contributed by atoms with Gasteiger partial charge in [0, 0.05) is 43.1 Å². The molecule has 0 saturated carbocycles. The number of carbonyl (C=O) groups excluding carboxylic acids is 3. The van der Waals surface area contributed by atoms with Crippen LogP contribution in [0.2, 0.25) is 0 Å². The zero-order chi connectivity index (χ0) is 16.1. The normalized spacial score (nSPS) is 17.5. The van der Waals surface area contributed by atoms with Gasteiger partial charge in [0.2, 0.25) is 17.7 Å². The Morgan fingerprint density at radius 1 is 1.32 bits per heavy atom. The highest BCUT2D eigenvalue weighted by atomic mass is 79.9. The van der Waals surface area contributed by atoms with E-state index in [-0.39, 0.29) is 30.1 Å². The Morgan fingerprint density at radius 2 is 2.05 bits per heavy atom. The molecule has 22 heavy (non-hydrogen) atoms. The second-order valence-electron chi connectivity index (χ2n) is 5.16. The number of carbonyl (C=O) groups is 3. The van der Waals surface area contributed by atoms with Gasteiger partial charge in [-0.1, -0.05) is 22.0 Å². The van der Waals surface area contributed by atoms with Crippen LogP contribution in [0.3, 0.4) is 0 Å². The lowest BCUT2D eigenvalue weighted by atomic mass is 10.1. The molecule has 1 unspecified atom stereocenters. The molecular weight excluding hydrogens is 350 g/mol. The molecule has 1 aromatic rings. The molecule has 1 heterocycles. The molecule has 0 radical (unpaired) electrons. The molecule has 1 atom stereocenters. The van der Waals surface area contributed by atoms with E-state index in [1.54, 1.807) is 4.90 Å². The minimum Gasteiger partial charge on any atom is -0.355 e. The quantitative estimate of drug-likeness (QED) is 0.763. The second kappa shape index (κ2) is 7.40. The zero-order valence-corrected chi connectivity index (χ0v) is 13.9. The predicted molar refractivity (Wildman–Crippen MR) is 86.3 cm³/mol. The fraction of sp³-hybridized carbons (Fsp3) is 0.400. The van der Waals surface area contributed by atoms with Crippen LogP contribution in [0, 0.1) is 5.92 Å². The molecule has 1 aliphatic rings. The first-order valence-electron chi connectivity index (χ1n) is 7.05. The van der Waals surface area contributed by atoms with Crippen LogP contribution < -0.4 is 15.5 Å². The molecule has 1 saturated heterocycles. The largest absolute Gasteiger partial charge is 0.355 e. The van der Waals surface area contributed by atoms with E-state index in [1.165, 1.54) is 6.92 Å². The standard InChI is InChI=1S/C15H18BrN3O3/c1-10(20)17-5-6-18-15(22)11-7-14(21)19(9-11)13-4-2-3-12(16)8-13/h2-4,8,11H,5-7,9H2,1H3,(H,17,20)(H,18,22). The van der Waals surface area contributed by atoms with Crippen LogP contribution in [0.1, 0.15) is 13.3 Å². The van der Waals surface area contributed by atoms with Gasteiger partial charge >= 0.3 is 0 Å². The minimum absolute atomic E-state index is 0.0555. The van der Waals surface area contributed by atoms with Crippen LogP contribution in [-0.2, 0) is 14.4 Å². The molecule has 6 nitrogen and oxygen atoms in total. The Kier molecular flexibility index (Phi) is 5.54. The Hall–Kier alpha value is -1.89. The van der Waals surface area contributed by atoms with Crippen molar-refractivity contribution < 1.29 is 14.4 Å². The summed E-state index contributed by atoms with van der Waals surface area (Å²) in [5.41, 5.74) is 0.785. The lowest BCUT2D eigenvalue weighted by Crippen LogP contribution is -2.37. The number of rotatable bonds is 5. The zero-order valence-electron chi connectivity index (χ0n) is 12.3. The monoisotopic (exact) mass is 367 g/mol. The number of hydrogen-bond donors (Lipinski definition) is 2. The van der Waals surface area contributed by atoms with E-state index in [4.69, 9.17) is 0 Å². The second-order valence-corrected chi connectivity index (χ2v) is 6.07. The topological polar surface area (TPSA) is 78.5 Å². The van der Waals surface area contributed by atoms with E-state index >= 15 is 0 Å². The molecular formula is C15H18BrN3O3. The Bertz CT molecular complexity index is 591. The number of nitrogens with zero attached hydrogens (tertiary/aromatic N) is 1. The van der Waals surface area contributed by atoms with Gasteiger partial charge in [-0.3, -0.25) is 14.4 Å². The van der Waals surface area contributed by atoms with Crippen LogP contribution in [0.4, 0.5) is 5.69 Å². The van der Waals surface area contributed by atoms with Crippen LogP contribution in [0.25, 0.3) is 0 Å². The highest BCUT2D eigenvalue weighted by Crippen LogP contribution is 2.27. The van der Waals surface area contributed by atoms with Gasteiger partial charge in [0.25, 0.3) is 0 Å². The van der Waals surface area contributed by atoms with E-state index in [0.717, 1.165) is 10.2 Å². The number of benzene rings is 1. The van der Waals surface area contributed by atoms with Crippen molar-refractivity contribution in [1.29, 1.82) is 0 Å². The molecule has 7 heteroatoms. The molecule has 1 fully saturated rings. The Morgan fingerprint density at radius 3 is 2.73 bits per heavy atom. The van der Waals surface area contributed by atoms with Gasteiger partial charge < -0.3 is 15.5 Å². The van der Waals surface area contributed by atoms with Crippen LogP contribution in [0.15, 0.2) is 28.7 Å². The van der Waals surface area contributed by atoms with E-state index in [0.29, 0.717) is 19.6 Å². The SMILES string of the molecule is CC(=O)NCCNC(=O)C1CC(=O)N(c2cccc(Br)c2)C1. The van der Waals surface area contributed by atoms with Gasteiger partial charge in [0.15, 0.2) is 0 Å². The summed E-state index contributed by atoms with van der Waals surface area (Å²) in [5, 5.41) is 5.35. The van der Waals surface area contributed by atoms with Gasteiger partial charge in [0.1, 0.15) is 0 Å². The smallest absolute Gasteiger partial charge is 0.227 e. The summed E-state index contributed by atoms with van der Waals surface area (Å²) in [7, 11) is 0. The number of halogens is 1. The summed E-state index contributed by atoms with van der Waals surface area (Å²) in [6.45, 7) is 2.55. The fourth-order valence-electron chi connectivity index (χ4n) is 2.35. The van der Waals surface area contributed by atoms with Crippen LogP contribution in [-0.4, -0.2) is 37.4 Å². The third-order valence-electron chi connectivity index (χ3n) is 3.41. The van der Waals surface area contributed by atoms with Crippen molar-refractivity contribution in [3.05, 3.63) is 28.7 Å². The minimum atomic E-state index is -0.358. The lowest BCUT2D eigenvalue weighted by Gasteiger charge is -2.17. The molecule has 0 bridgehead atoms. The van der Waals surface area contributed by atoms with Crippen molar-refractivity contribution in [3.8, 4) is 0 Å². The maximum absolute atomic E-state index is 12.1. The van der Waals surface area contributed by atoms with Crippen molar-refractivity contribution in [3.63, 3.8) is 0 Å². The maximum atomic E-state index is 12.1. The van der Waals surface area contributed by atoms with E-state index in [1.807, 2.05) is 24.3 Å². The summed E-state index contributed by atoms with van der Waals surface area (Å²) in [4.78, 5) is 36.5. The van der Waals surface area contributed by atoms with Crippen molar-refractivity contribution in [1.82, 2.24) is 10.6 Å². The van der Waals surface area contributed by atoms with Gasteiger partial charge in [-0.2, -0.15) is 0 Å². The average Bonchev–Trinajstić information content (AvgIpc) is 2.85. The molecule has 118 valence electrons. The van der Waals surface area contributed by atoms with Crippen molar-refractivity contribution in [2.24, 2.45) is 5.92 Å². The van der Waals surface area contributed by atoms with Crippen LogP contribution in [0.5, 0.6) is 0 Å². The Balaban J connectivity index is 1.89. The van der Waals surface area contributed by atoms with Gasteiger partial charge in [-0.25, -0.2) is 0 Å². The van der Waals surface area contributed by atoms with Crippen molar-refractivity contribution >= 4 is 39.3 Å².